The van der Waals surface area contributed by atoms with Crippen molar-refractivity contribution in [1.82, 2.24) is 9.97 Å². The minimum absolute atomic E-state index is 0.288. The van der Waals surface area contributed by atoms with Crippen LogP contribution in [0.2, 0.25) is 5.02 Å². The molecule has 1 aromatic heterocycles. The quantitative estimate of drug-likeness (QED) is 0.191. The summed E-state index contributed by atoms with van der Waals surface area (Å²) < 4.78 is 8.67. The number of nitrogens with one attached hydrogen (secondary N) is 1. The number of halogens is 2. The van der Waals surface area contributed by atoms with Gasteiger partial charge in [0.05, 0.1) is 22.0 Å². The second-order valence-electron chi connectivity index (χ2n) is 8.46. The van der Waals surface area contributed by atoms with E-state index >= 15 is 0 Å². The molecule has 3 aromatic carbocycles. The van der Waals surface area contributed by atoms with Crippen LogP contribution in [0.15, 0.2) is 60.8 Å². The fourth-order valence-electron chi connectivity index (χ4n) is 3.91. The summed E-state index contributed by atoms with van der Waals surface area (Å²) in [6.07, 6.45) is 3.76. The van der Waals surface area contributed by atoms with Gasteiger partial charge in [0.1, 0.15) is 12.7 Å². The Morgan fingerprint density at radius 2 is 1.80 bits per heavy atom. The van der Waals surface area contributed by atoms with E-state index in [1.54, 1.807) is 0 Å². The highest BCUT2D eigenvalue weighted by Gasteiger charge is 2.26. The second-order valence-corrected chi connectivity index (χ2v) is 9.86. The summed E-state index contributed by atoms with van der Waals surface area (Å²) in [5.41, 5.74) is 5.10. The summed E-state index contributed by atoms with van der Waals surface area (Å²) >= 11 is 13.7. The van der Waals surface area contributed by atoms with Gasteiger partial charge in [0.15, 0.2) is 5.75 Å². The fourth-order valence-corrected chi connectivity index (χ4v) is 4.55. The third kappa shape index (κ3) is 5.33. The van der Waals surface area contributed by atoms with Gasteiger partial charge in [-0.1, -0.05) is 73.8 Å². The van der Waals surface area contributed by atoms with Crippen molar-refractivity contribution in [3.8, 4) is 22.9 Å². The van der Waals surface area contributed by atoms with E-state index in [2.05, 4.69) is 71.0 Å². The van der Waals surface area contributed by atoms with Crippen LogP contribution in [0.25, 0.3) is 22.0 Å². The predicted octanol–water partition coefficient (Wildman–Crippen LogP) is 7.46. The number of nitriles is 1. The van der Waals surface area contributed by atoms with Gasteiger partial charge in [-0.15, -0.1) is 11.6 Å². The molecule has 5 nitrogen and oxygen atoms in total. The zero-order valence-corrected chi connectivity index (χ0v) is 21.9. The van der Waals surface area contributed by atoms with Crippen LogP contribution < -0.4 is 9.46 Å². The van der Waals surface area contributed by atoms with Crippen molar-refractivity contribution in [1.29, 1.82) is 5.26 Å². The van der Waals surface area contributed by atoms with Gasteiger partial charge >= 0.3 is 0 Å². The molecule has 0 aliphatic heterocycles. The van der Waals surface area contributed by atoms with E-state index in [-0.39, 0.29) is 12.0 Å². The van der Waals surface area contributed by atoms with Crippen molar-refractivity contribution in [2.24, 2.45) is 0 Å². The molecule has 1 heterocycles. The molecule has 4 rings (SSSR count). The third-order valence-corrected chi connectivity index (χ3v) is 6.75. The SMILES string of the molecule is CSNc1ncc2ccc(-c3ccc(C(C)(C)c4cc(Cl)c(OCCCl)c(C#N)c4)cc3)cc2n1. The Hall–Kier alpha value is -2.98. The van der Waals surface area contributed by atoms with Crippen LogP contribution in [0, 0.1) is 11.3 Å². The van der Waals surface area contributed by atoms with Crippen LogP contribution in [0.4, 0.5) is 5.95 Å². The van der Waals surface area contributed by atoms with E-state index < -0.39 is 0 Å². The lowest BCUT2D eigenvalue weighted by Crippen LogP contribution is -2.19. The van der Waals surface area contributed by atoms with Gasteiger partial charge in [-0.2, -0.15) is 5.26 Å². The van der Waals surface area contributed by atoms with Crippen LogP contribution in [0.3, 0.4) is 0 Å². The molecule has 0 fully saturated rings. The zero-order valence-electron chi connectivity index (χ0n) is 19.6. The highest BCUT2D eigenvalue weighted by Crippen LogP contribution is 2.39. The normalized spacial score (nSPS) is 11.3. The molecular formula is C27H24Cl2N4OS. The van der Waals surface area contributed by atoms with Crippen LogP contribution in [-0.2, 0) is 5.41 Å². The minimum atomic E-state index is -0.381. The topological polar surface area (TPSA) is 70.8 Å². The van der Waals surface area contributed by atoms with Crippen molar-refractivity contribution in [2.45, 2.75) is 19.3 Å². The molecular weight excluding hydrogens is 499 g/mol. The highest BCUT2D eigenvalue weighted by atomic mass is 35.5. The van der Waals surface area contributed by atoms with E-state index in [1.807, 2.05) is 30.7 Å². The van der Waals surface area contributed by atoms with E-state index in [4.69, 9.17) is 27.9 Å². The van der Waals surface area contributed by atoms with Crippen molar-refractivity contribution in [2.75, 3.05) is 23.5 Å². The summed E-state index contributed by atoms with van der Waals surface area (Å²) in [6, 6.07) is 20.5. The Kier molecular flexibility index (Phi) is 7.71. The van der Waals surface area contributed by atoms with Crippen LogP contribution >= 0.6 is 35.1 Å². The zero-order chi connectivity index (χ0) is 25.0. The Bertz CT molecular complexity index is 1400. The van der Waals surface area contributed by atoms with Gasteiger partial charge in [0.2, 0.25) is 5.95 Å². The van der Waals surface area contributed by atoms with E-state index in [0.717, 1.165) is 33.2 Å². The number of hydrogen-bond acceptors (Lipinski definition) is 6. The molecule has 0 atom stereocenters. The molecule has 0 saturated heterocycles. The third-order valence-electron chi connectivity index (χ3n) is 5.93. The lowest BCUT2D eigenvalue weighted by Gasteiger charge is -2.27. The average Bonchev–Trinajstić information content (AvgIpc) is 2.87. The van der Waals surface area contributed by atoms with Crippen LogP contribution in [0.1, 0.15) is 30.5 Å². The number of fused-ring (bicyclic) bond motifs is 1. The maximum atomic E-state index is 9.65. The number of benzene rings is 3. The van der Waals surface area contributed by atoms with Gasteiger partial charge < -0.3 is 4.74 Å². The van der Waals surface area contributed by atoms with Gasteiger partial charge in [0.25, 0.3) is 0 Å². The van der Waals surface area contributed by atoms with Gasteiger partial charge in [0, 0.05) is 23.3 Å². The molecule has 4 aromatic rings. The summed E-state index contributed by atoms with van der Waals surface area (Å²) in [5, 5.41) is 11.0. The molecule has 0 spiro atoms. The molecule has 0 radical (unpaired) electrons. The Labute approximate surface area is 219 Å². The first-order chi connectivity index (χ1) is 16.9. The number of ether oxygens (including phenoxy) is 1. The molecule has 0 bridgehead atoms. The standard InChI is InChI=1S/C27H24Cl2N4OS/c1-27(2,22-12-20(15-30)25(23(29)14-22)34-11-10-28)21-8-6-17(7-9-21)18-4-5-19-16-31-26(33-35-3)32-24(19)13-18/h4-9,12-14,16H,10-11H2,1-3H3,(H,31,32,33). The molecule has 0 saturated carbocycles. The monoisotopic (exact) mass is 522 g/mol. The van der Waals surface area contributed by atoms with Gasteiger partial charge in [-0.25, -0.2) is 9.97 Å². The Morgan fingerprint density at radius 1 is 1.06 bits per heavy atom. The first kappa shape index (κ1) is 25.1. The van der Waals surface area contributed by atoms with Crippen LogP contribution in [0.5, 0.6) is 5.75 Å². The van der Waals surface area contributed by atoms with E-state index in [9.17, 15) is 5.26 Å². The molecule has 0 aliphatic rings. The van der Waals surface area contributed by atoms with Crippen molar-refractivity contribution < 1.29 is 4.74 Å². The smallest absolute Gasteiger partial charge is 0.233 e. The molecule has 0 amide bonds. The number of aromatic nitrogens is 2. The largest absolute Gasteiger partial charge is 0.489 e. The average molecular weight is 523 g/mol. The predicted molar refractivity (Wildman–Crippen MR) is 147 cm³/mol. The Morgan fingerprint density at radius 3 is 2.49 bits per heavy atom. The second kappa shape index (κ2) is 10.7. The molecule has 0 aliphatic carbocycles. The Balaban J connectivity index is 1.65. The van der Waals surface area contributed by atoms with Gasteiger partial charge in [-0.05, 0) is 40.5 Å². The van der Waals surface area contributed by atoms with Gasteiger partial charge in [-0.3, -0.25) is 4.72 Å². The summed E-state index contributed by atoms with van der Waals surface area (Å²) in [6.45, 7) is 4.51. The first-order valence-corrected chi connectivity index (χ1v) is 13.1. The van der Waals surface area contributed by atoms with Crippen molar-refractivity contribution in [3.05, 3.63) is 82.5 Å². The number of anilines is 1. The summed E-state index contributed by atoms with van der Waals surface area (Å²) in [5.74, 6) is 1.29. The molecule has 8 heteroatoms. The number of nitrogens with zero attached hydrogens (tertiary/aromatic N) is 3. The highest BCUT2D eigenvalue weighted by molar-refractivity contribution is 7.99. The number of rotatable bonds is 8. The molecule has 0 unspecified atom stereocenters. The summed E-state index contributed by atoms with van der Waals surface area (Å²) in [4.78, 5) is 8.92. The van der Waals surface area contributed by atoms with Crippen molar-refractivity contribution >= 4 is 52.0 Å². The lowest BCUT2D eigenvalue weighted by atomic mass is 9.77. The number of hydrogen-bond donors (Lipinski definition) is 1. The van der Waals surface area contributed by atoms with E-state index in [1.165, 1.54) is 11.9 Å². The minimum Gasteiger partial charge on any atom is -0.489 e. The maximum Gasteiger partial charge on any atom is 0.233 e. The maximum absolute atomic E-state index is 9.65. The molecule has 35 heavy (non-hydrogen) atoms. The van der Waals surface area contributed by atoms with E-state index in [0.29, 0.717) is 28.2 Å². The first-order valence-electron chi connectivity index (χ1n) is 11.0. The molecule has 1 N–H and O–H groups in total. The fraction of sp³-hybridized carbons (Fsp3) is 0.222. The molecule has 178 valence electrons. The van der Waals surface area contributed by atoms with Crippen LogP contribution in [-0.4, -0.2) is 28.7 Å². The lowest BCUT2D eigenvalue weighted by molar-refractivity contribution is 0.341. The summed E-state index contributed by atoms with van der Waals surface area (Å²) in [7, 11) is 0. The number of alkyl halides is 1. The van der Waals surface area contributed by atoms with Crippen molar-refractivity contribution in [3.63, 3.8) is 0 Å².